The molecule has 0 saturated heterocycles. The summed E-state index contributed by atoms with van der Waals surface area (Å²) < 4.78 is 3.48. The van der Waals surface area contributed by atoms with E-state index in [-0.39, 0.29) is 0 Å². The maximum atomic E-state index is 11.3. The normalized spacial score (nSPS) is 10.7. The van der Waals surface area contributed by atoms with Crippen molar-refractivity contribution in [1.82, 2.24) is 19.6 Å². The van der Waals surface area contributed by atoms with Crippen LogP contribution in [0.4, 0.5) is 0 Å². The lowest BCUT2D eigenvalue weighted by molar-refractivity contribution is 0.112. The first-order chi connectivity index (χ1) is 9.70. The van der Waals surface area contributed by atoms with Gasteiger partial charge in [-0.2, -0.15) is 10.2 Å². The fourth-order valence-electron chi connectivity index (χ4n) is 2.13. The van der Waals surface area contributed by atoms with E-state index in [1.54, 1.807) is 21.8 Å². The summed E-state index contributed by atoms with van der Waals surface area (Å²) >= 11 is 0. The molecular weight excluding hydrogens is 252 g/mol. The highest BCUT2D eigenvalue weighted by atomic mass is 16.1. The maximum absolute atomic E-state index is 11.3. The van der Waals surface area contributed by atoms with Crippen molar-refractivity contribution in [2.75, 3.05) is 0 Å². The van der Waals surface area contributed by atoms with Crippen LogP contribution in [0.5, 0.6) is 0 Å². The molecule has 5 heteroatoms. The van der Waals surface area contributed by atoms with Crippen LogP contribution < -0.4 is 0 Å². The topological polar surface area (TPSA) is 52.7 Å². The first-order valence-corrected chi connectivity index (χ1v) is 6.30. The van der Waals surface area contributed by atoms with Gasteiger partial charge in [0, 0.05) is 24.5 Å². The lowest BCUT2D eigenvalue weighted by atomic mass is 10.1. The Kier molecular flexibility index (Phi) is 2.95. The lowest BCUT2D eigenvalue weighted by Crippen LogP contribution is -1.95. The molecule has 1 aromatic carbocycles. The summed E-state index contributed by atoms with van der Waals surface area (Å²) in [7, 11) is 1.87. The molecule has 0 saturated carbocycles. The number of rotatable bonds is 3. The molecule has 3 aromatic rings. The second-order valence-electron chi connectivity index (χ2n) is 4.60. The van der Waals surface area contributed by atoms with E-state index >= 15 is 0 Å². The highest BCUT2D eigenvalue weighted by Gasteiger charge is 2.15. The summed E-state index contributed by atoms with van der Waals surface area (Å²) in [5.41, 5.74) is 4.00. The number of aryl methyl sites for hydroxylation is 1. The first kappa shape index (κ1) is 12.3. The van der Waals surface area contributed by atoms with Crippen molar-refractivity contribution in [3.8, 4) is 16.9 Å². The Labute approximate surface area is 116 Å². The number of nitrogens with zero attached hydrogens (tertiary/aromatic N) is 4. The Morgan fingerprint density at radius 2 is 1.95 bits per heavy atom. The SMILES string of the molecule is Cc1c(-c2nn(-c3ccccc3)cc2C=O)cnn1C. The van der Waals surface area contributed by atoms with Crippen molar-refractivity contribution in [2.24, 2.45) is 7.05 Å². The third kappa shape index (κ3) is 1.93. The molecule has 20 heavy (non-hydrogen) atoms. The standard InChI is InChI=1S/C15H14N4O/c1-11-14(8-16-18(11)2)15-12(10-20)9-19(17-15)13-6-4-3-5-7-13/h3-10H,1-2H3. The first-order valence-electron chi connectivity index (χ1n) is 6.30. The number of aromatic nitrogens is 4. The molecule has 3 rings (SSSR count). The van der Waals surface area contributed by atoms with E-state index in [9.17, 15) is 4.79 Å². The fourth-order valence-corrected chi connectivity index (χ4v) is 2.13. The van der Waals surface area contributed by atoms with Crippen LogP contribution in [-0.2, 0) is 7.05 Å². The van der Waals surface area contributed by atoms with Gasteiger partial charge in [0.25, 0.3) is 0 Å². The predicted molar refractivity (Wildman–Crippen MR) is 75.9 cm³/mol. The van der Waals surface area contributed by atoms with Gasteiger partial charge in [-0.15, -0.1) is 0 Å². The van der Waals surface area contributed by atoms with Crippen molar-refractivity contribution < 1.29 is 4.79 Å². The van der Waals surface area contributed by atoms with Crippen LogP contribution in [0.25, 0.3) is 16.9 Å². The van der Waals surface area contributed by atoms with Gasteiger partial charge in [-0.05, 0) is 19.1 Å². The Balaban J connectivity index is 2.15. The zero-order chi connectivity index (χ0) is 14.1. The number of carbonyl (C=O) groups excluding carboxylic acids is 1. The van der Waals surface area contributed by atoms with Crippen molar-refractivity contribution in [1.29, 1.82) is 0 Å². The second kappa shape index (κ2) is 4.77. The largest absolute Gasteiger partial charge is 0.298 e. The molecule has 100 valence electrons. The van der Waals surface area contributed by atoms with Gasteiger partial charge in [0.1, 0.15) is 5.69 Å². The molecule has 0 bridgehead atoms. The number of para-hydroxylation sites is 1. The number of hydrogen-bond donors (Lipinski definition) is 0. The molecule has 2 aromatic heterocycles. The van der Waals surface area contributed by atoms with Crippen molar-refractivity contribution in [2.45, 2.75) is 6.92 Å². The van der Waals surface area contributed by atoms with E-state index in [2.05, 4.69) is 10.2 Å². The maximum Gasteiger partial charge on any atom is 0.153 e. The molecule has 0 amide bonds. The average Bonchev–Trinajstić information content (AvgIpc) is 3.05. The second-order valence-corrected chi connectivity index (χ2v) is 4.60. The van der Waals surface area contributed by atoms with Crippen LogP contribution in [0.15, 0.2) is 42.7 Å². The molecule has 5 nitrogen and oxygen atoms in total. The van der Waals surface area contributed by atoms with Gasteiger partial charge in [0.15, 0.2) is 6.29 Å². The van der Waals surface area contributed by atoms with Gasteiger partial charge < -0.3 is 0 Å². The molecule has 0 aliphatic carbocycles. The predicted octanol–water partition coefficient (Wildman–Crippen LogP) is 2.39. The molecule has 0 fully saturated rings. The third-order valence-corrected chi connectivity index (χ3v) is 3.38. The van der Waals surface area contributed by atoms with E-state index in [1.807, 2.05) is 44.3 Å². The Bertz CT molecular complexity index is 756. The van der Waals surface area contributed by atoms with E-state index in [1.165, 1.54) is 0 Å². The monoisotopic (exact) mass is 266 g/mol. The average molecular weight is 266 g/mol. The smallest absolute Gasteiger partial charge is 0.153 e. The summed E-state index contributed by atoms with van der Waals surface area (Å²) in [6, 6.07) is 9.71. The minimum atomic E-state index is 0.560. The zero-order valence-corrected chi connectivity index (χ0v) is 11.3. The molecule has 0 atom stereocenters. The van der Waals surface area contributed by atoms with Crippen molar-refractivity contribution in [3.05, 3.63) is 54.0 Å². The lowest BCUT2D eigenvalue weighted by Gasteiger charge is -2.00. The van der Waals surface area contributed by atoms with E-state index in [0.29, 0.717) is 11.3 Å². The zero-order valence-electron chi connectivity index (χ0n) is 11.3. The van der Waals surface area contributed by atoms with Crippen LogP contribution in [0.3, 0.4) is 0 Å². The van der Waals surface area contributed by atoms with Gasteiger partial charge in [-0.3, -0.25) is 9.48 Å². The van der Waals surface area contributed by atoms with Gasteiger partial charge in [0.05, 0.1) is 17.4 Å². The van der Waals surface area contributed by atoms with Crippen LogP contribution in [0.2, 0.25) is 0 Å². The molecular formula is C15H14N4O. The Morgan fingerprint density at radius 1 is 1.20 bits per heavy atom. The molecule has 0 N–H and O–H groups in total. The number of hydrogen-bond acceptors (Lipinski definition) is 3. The van der Waals surface area contributed by atoms with Gasteiger partial charge in [-0.25, -0.2) is 4.68 Å². The summed E-state index contributed by atoms with van der Waals surface area (Å²) in [4.78, 5) is 11.3. The minimum absolute atomic E-state index is 0.560. The molecule has 0 spiro atoms. The van der Waals surface area contributed by atoms with Gasteiger partial charge in [0.2, 0.25) is 0 Å². The molecule has 0 aliphatic heterocycles. The van der Waals surface area contributed by atoms with Crippen LogP contribution in [0.1, 0.15) is 16.1 Å². The van der Waals surface area contributed by atoms with Gasteiger partial charge in [-0.1, -0.05) is 18.2 Å². The van der Waals surface area contributed by atoms with Crippen LogP contribution >= 0.6 is 0 Å². The van der Waals surface area contributed by atoms with Crippen LogP contribution in [0, 0.1) is 6.92 Å². The Hall–Kier alpha value is -2.69. The number of benzene rings is 1. The van der Waals surface area contributed by atoms with E-state index in [0.717, 1.165) is 23.2 Å². The van der Waals surface area contributed by atoms with Crippen molar-refractivity contribution in [3.63, 3.8) is 0 Å². The van der Waals surface area contributed by atoms with Crippen LogP contribution in [-0.4, -0.2) is 25.8 Å². The fraction of sp³-hybridized carbons (Fsp3) is 0.133. The highest BCUT2D eigenvalue weighted by Crippen LogP contribution is 2.25. The molecule has 0 aliphatic rings. The Morgan fingerprint density at radius 3 is 2.55 bits per heavy atom. The highest BCUT2D eigenvalue weighted by molar-refractivity contribution is 5.86. The summed E-state index contributed by atoms with van der Waals surface area (Å²) in [6.45, 7) is 1.96. The van der Waals surface area contributed by atoms with Crippen molar-refractivity contribution >= 4 is 6.29 Å². The molecule has 2 heterocycles. The third-order valence-electron chi connectivity index (χ3n) is 3.38. The number of aldehydes is 1. The van der Waals surface area contributed by atoms with E-state index < -0.39 is 0 Å². The number of carbonyl (C=O) groups is 1. The summed E-state index contributed by atoms with van der Waals surface area (Å²) in [6.07, 6.45) is 4.30. The summed E-state index contributed by atoms with van der Waals surface area (Å²) in [5, 5.41) is 8.73. The minimum Gasteiger partial charge on any atom is -0.298 e. The van der Waals surface area contributed by atoms with Gasteiger partial charge >= 0.3 is 0 Å². The summed E-state index contributed by atoms with van der Waals surface area (Å²) in [5.74, 6) is 0. The van der Waals surface area contributed by atoms with E-state index in [4.69, 9.17) is 0 Å². The molecule has 0 unspecified atom stereocenters. The quantitative estimate of drug-likeness (QED) is 0.684. The molecule has 0 radical (unpaired) electrons.